The largest absolute Gasteiger partial charge is 0.389 e. The number of likely N-dealkylation sites (N-methyl/N-ethyl adjacent to an activating group) is 1. The van der Waals surface area contributed by atoms with Crippen LogP contribution in [0.4, 0.5) is 10.1 Å². The zero-order valence-corrected chi connectivity index (χ0v) is 13.8. The van der Waals surface area contributed by atoms with Crippen LogP contribution in [0.15, 0.2) is 34.6 Å². The third-order valence-electron chi connectivity index (χ3n) is 3.90. The molecule has 3 N–H and O–H groups in total. The second-order valence-electron chi connectivity index (χ2n) is 5.92. The molecule has 0 amide bonds. The van der Waals surface area contributed by atoms with E-state index >= 15 is 0 Å². The molecule has 1 atom stereocenters. The maximum Gasteiger partial charge on any atom is 0.141 e. The lowest BCUT2D eigenvalue weighted by molar-refractivity contribution is 0.0977. The summed E-state index contributed by atoms with van der Waals surface area (Å²) in [6.07, 6.45) is -0.111. The monoisotopic (exact) mass is 333 g/mol. The molecule has 1 unspecified atom stereocenters. The van der Waals surface area contributed by atoms with Crippen molar-refractivity contribution in [2.45, 2.75) is 19.1 Å². The fourth-order valence-electron chi connectivity index (χ4n) is 2.83. The molecule has 1 aromatic heterocycles. The Bertz CT molecular complexity index is 728. The van der Waals surface area contributed by atoms with Crippen LogP contribution in [0.5, 0.6) is 0 Å². The Hall–Kier alpha value is -1.76. The summed E-state index contributed by atoms with van der Waals surface area (Å²) in [7, 11) is 1.86. The normalized spacial score (nSPS) is 14.9. The fraction of sp³-hybridized carbons (Fsp3) is 0.353. The second kappa shape index (κ2) is 6.78. The summed E-state index contributed by atoms with van der Waals surface area (Å²) < 4.78 is 12.4. The Labute approximate surface area is 139 Å². The number of hydrogen-bond acceptors (Lipinski definition) is 5. The Morgan fingerprint density at radius 3 is 3.00 bits per heavy atom. The van der Waals surface area contributed by atoms with Crippen molar-refractivity contribution in [2.24, 2.45) is 10.7 Å². The van der Waals surface area contributed by atoms with Gasteiger partial charge in [0.15, 0.2) is 0 Å². The molecule has 0 spiro atoms. The number of fused-ring (bicyclic) bond motifs is 2. The third-order valence-corrected chi connectivity index (χ3v) is 4.88. The standard InChI is InChI=1S/C17H20FN3OS/c1-21(10-14(22)8-18)9-11-2-3-12-7-13-4-5-23-16(13)17(19)20-15(12)6-11/h2-6,14,22H,7-10H2,1H3,(H2,19,20). The molecule has 122 valence electrons. The summed E-state index contributed by atoms with van der Waals surface area (Å²) >= 11 is 1.61. The Balaban J connectivity index is 1.81. The summed E-state index contributed by atoms with van der Waals surface area (Å²) in [6.45, 7) is 0.204. The van der Waals surface area contributed by atoms with Crippen LogP contribution in [-0.4, -0.2) is 42.2 Å². The van der Waals surface area contributed by atoms with Crippen molar-refractivity contribution in [3.8, 4) is 0 Å². The van der Waals surface area contributed by atoms with Crippen LogP contribution < -0.4 is 5.73 Å². The first-order valence-corrected chi connectivity index (χ1v) is 8.40. The number of nitrogens with two attached hydrogens (primary N) is 1. The molecular formula is C17H20FN3OS. The summed E-state index contributed by atoms with van der Waals surface area (Å²) in [4.78, 5) is 7.52. The topological polar surface area (TPSA) is 61.8 Å². The van der Waals surface area contributed by atoms with Crippen LogP contribution in [-0.2, 0) is 13.0 Å². The average molecular weight is 333 g/mol. The van der Waals surface area contributed by atoms with E-state index < -0.39 is 12.8 Å². The van der Waals surface area contributed by atoms with Crippen LogP contribution >= 0.6 is 11.3 Å². The average Bonchev–Trinajstić information content (AvgIpc) is 2.93. The smallest absolute Gasteiger partial charge is 0.141 e. The number of aliphatic imine (C=N–C) groups is 1. The van der Waals surface area contributed by atoms with Gasteiger partial charge < -0.3 is 10.8 Å². The minimum atomic E-state index is -0.939. The van der Waals surface area contributed by atoms with E-state index in [0.29, 0.717) is 18.9 Å². The Morgan fingerprint density at radius 2 is 2.22 bits per heavy atom. The molecule has 0 radical (unpaired) electrons. The highest BCUT2D eigenvalue weighted by molar-refractivity contribution is 7.12. The van der Waals surface area contributed by atoms with E-state index in [9.17, 15) is 9.50 Å². The van der Waals surface area contributed by atoms with Gasteiger partial charge in [0.2, 0.25) is 0 Å². The number of hydrogen-bond donors (Lipinski definition) is 2. The number of benzene rings is 1. The van der Waals surface area contributed by atoms with Gasteiger partial charge in [-0.05, 0) is 41.3 Å². The van der Waals surface area contributed by atoms with E-state index in [1.807, 2.05) is 23.4 Å². The number of thiophene rings is 1. The maximum atomic E-state index is 12.4. The van der Waals surface area contributed by atoms with Crippen LogP contribution in [0.1, 0.15) is 21.6 Å². The zero-order chi connectivity index (χ0) is 16.4. The first-order chi connectivity index (χ1) is 11.1. The number of aliphatic hydroxyl groups excluding tert-OH is 1. The minimum absolute atomic E-state index is 0.302. The molecule has 2 aromatic rings. The molecule has 0 bridgehead atoms. The van der Waals surface area contributed by atoms with E-state index in [2.05, 4.69) is 23.2 Å². The summed E-state index contributed by atoms with van der Waals surface area (Å²) in [6, 6.07) is 8.25. The van der Waals surface area contributed by atoms with E-state index in [4.69, 9.17) is 5.73 Å². The van der Waals surface area contributed by atoms with Gasteiger partial charge in [-0.15, -0.1) is 11.3 Å². The lowest BCUT2D eigenvalue weighted by atomic mass is 10.0. The van der Waals surface area contributed by atoms with Gasteiger partial charge in [0.25, 0.3) is 0 Å². The molecule has 2 heterocycles. The molecule has 0 saturated carbocycles. The molecule has 1 aromatic carbocycles. The molecule has 0 fully saturated rings. The summed E-state index contributed by atoms with van der Waals surface area (Å²) in [5, 5.41) is 11.4. The van der Waals surface area contributed by atoms with Crippen LogP contribution in [0.3, 0.4) is 0 Å². The first-order valence-electron chi connectivity index (χ1n) is 7.52. The van der Waals surface area contributed by atoms with Crippen molar-refractivity contribution in [3.05, 3.63) is 51.2 Å². The maximum absolute atomic E-state index is 12.4. The highest BCUT2D eigenvalue weighted by atomic mass is 32.1. The summed E-state index contributed by atoms with van der Waals surface area (Å²) in [5.41, 5.74) is 10.4. The van der Waals surface area contributed by atoms with E-state index in [-0.39, 0.29) is 0 Å². The van der Waals surface area contributed by atoms with E-state index in [1.165, 1.54) is 5.56 Å². The quantitative estimate of drug-likeness (QED) is 0.883. The lowest BCUT2D eigenvalue weighted by Crippen LogP contribution is -2.29. The van der Waals surface area contributed by atoms with Gasteiger partial charge in [-0.1, -0.05) is 12.1 Å². The van der Waals surface area contributed by atoms with Gasteiger partial charge in [-0.3, -0.25) is 4.90 Å². The predicted octanol–water partition coefficient (Wildman–Crippen LogP) is 2.45. The SMILES string of the molecule is CN(Cc1ccc2c(c1)N=C(N)c1sccc1C2)CC(O)CF. The van der Waals surface area contributed by atoms with Crippen molar-refractivity contribution in [1.82, 2.24) is 4.90 Å². The molecule has 23 heavy (non-hydrogen) atoms. The molecule has 4 nitrogen and oxygen atoms in total. The fourth-order valence-corrected chi connectivity index (χ4v) is 3.66. The van der Waals surface area contributed by atoms with Crippen LogP contribution in [0, 0.1) is 0 Å². The van der Waals surface area contributed by atoms with Crippen molar-refractivity contribution < 1.29 is 9.50 Å². The van der Waals surface area contributed by atoms with Crippen LogP contribution in [0.25, 0.3) is 0 Å². The molecule has 0 aliphatic carbocycles. The molecule has 6 heteroatoms. The third kappa shape index (κ3) is 3.60. The number of rotatable bonds is 5. The molecular weight excluding hydrogens is 313 g/mol. The predicted molar refractivity (Wildman–Crippen MR) is 92.3 cm³/mol. The van der Waals surface area contributed by atoms with Crippen molar-refractivity contribution in [3.63, 3.8) is 0 Å². The Morgan fingerprint density at radius 1 is 1.39 bits per heavy atom. The lowest BCUT2D eigenvalue weighted by Gasteiger charge is -2.19. The van der Waals surface area contributed by atoms with Crippen molar-refractivity contribution in [2.75, 3.05) is 20.3 Å². The van der Waals surface area contributed by atoms with Gasteiger partial charge in [0.05, 0.1) is 16.7 Å². The van der Waals surface area contributed by atoms with Gasteiger partial charge in [-0.25, -0.2) is 9.38 Å². The number of halogens is 1. The highest BCUT2D eigenvalue weighted by Crippen LogP contribution is 2.31. The molecule has 3 rings (SSSR count). The van der Waals surface area contributed by atoms with Gasteiger partial charge in [-0.2, -0.15) is 0 Å². The summed E-state index contributed by atoms with van der Waals surface area (Å²) in [5.74, 6) is 0.562. The molecule has 1 aliphatic rings. The minimum Gasteiger partial charge on any atom is -0.389 e. The number of nitrogens with zero attached hydrogens (tertiary/aromatic N) is 2. The Kier molecular flexibility index (Phi) is 4.75. The zero-order valence-electron chi connectivity index (χ0n) is 13.0. The van der Waals surface area contributed by atoms with Gasteiger partial charge in [0, 0.05) is 19.5 Å². The second-order valence-corrected chi connectivity index (χ2v) is 6.83. The van der Waals surface area contributed by atoms with Gasteiger partial charge in [0.1, 0.15) is 12.5 Å². The first kappa shape index (κ1) is 16.1. The number of aliphatic hydroxyl groups is 1. The van der Waals surface area contributed by atoms with Crippen LogP contribution in [0.2, 0.25) is 0 Å². The molecule has 1 aliphatic heterocycles. The van der Waals surface area contributed by atoms with E-state index in [0.717, 1.165) is 28.1 Å². The van der Waals surface area contributed by atoms with Gasteiger partial charge >= 0.3 is 0 Å². The van der Waals surface area contributed by atoms with Crippen molar-refractivity contribution in [1.29, 1.82) is 0 Å². The van der Waals surface area contributed by atoms with Crippen molar-refractivity contribution >= 4 is 22.9 Å². The van der Waals surface area contributed by atoms with E-state index in [1.54, 1.807) is 11.3 Å². The number of alkyl halides is 1. The number of amidine groups is 1. The molecule has 0 saturated heterocycles. The highest BCUT2D eigenvalue weighted by Gasteiger charge is 2.16.